The van der Waals surface area contributed by atoms with E-state index in [2.05, 4.69) is 10.2 Å². The van der Waals surface area contributed by atoms with Crippen molar-refractivity contribution in [3.8, 4) is 0 Å². The molecule has 0 radical (unpaired) electrons. The summed E-state index contributed by atoms with van der Waals surface area (Å²) in [7, 11) is 0. The van der Waals surface area contributed by atoms with Crippen LogP contribution in [0.5, 0.6) is 0 Å². The summed E-state index contributed by atoms with van der Waals surface area (Å²) in [5.74, 6) is 1.55. The second-order valence-corrected chi connectivity index (χ2v) is 11.3. The fourth-order valence-corrected chi connectivity index (χ4v) is 6.86. The second-order valence-electron chi connectivity index (χ2n) is 11.3. The zero-order valence-corrected chi connectivity index (χ0v) is 17.8. The average Bonchev–Trinajstić information content (AvgIpc) is 2.50. The SMILES string of the molecule is CC(C)(C)NC(=O)CN1CCN(C(=O)CC23CC4CC(CC(O)(C4)C2)C3)CC1. The number of amides is 2. The summed E-state index contributed by atoms with van der Waals surface area (Å²) < 4.78 is 0. The van der Waals surface area contributed by atoms with Gasteiger partial charge in [0, 0.05) is 38.1 Å². The van der Waals surface area contributed by atoms with E-state index >= 15 is 0 Å². The van der Waals surface area contributed by atoms with Crippen LogP contribution < -0.4 is 5.32 Å². The number of nitrogens with zero attached hydrogens (tertiary/aromatic N) is 2. The number of aliphatic hydroxyl groups is 1. The summed E-state index contributed by atoms with van der Waals surface area (Å²) in [5, 5.41) is 13.9. The average molecular weight is 392 g/mol. The monoisotopic (exact) mass is 391 g/mol. The molecule has 0 aromatic rings. The van der Waals surface area contributed by atoms with Crippen molar-refractivity contribution in [3.63, 3.8) is 0 Å². The van der Waals surface area contributed by atoms with Gasteiger partial charge in [0.1, 0.15) is 0 Å². The molecule has 0 spiro atoms. The number of carbonyl (C=O) groups is 2. The molecule has 4 saturated carbocycles. The summed E-state index contributed by atoms with van der Waals surface area (Å²) >= 11 is 0. The van der Waals surface area contributed by atoms with Crippen LogP contribution in [0.4, 0.5) is 0 Å². The molecule has 1 aliphatic heterocycles. The molecule has 0 aromatic carbocycles. The molecular weight excluding hydrogens is 354 g/mol. The molecule has 2 amide bonds. The van der Waals surface area contributed by atoms with Crippen molar-refractivity contribution < 1.29 is 14.7 Å². The first-order chi connectivity index (χ1) is 13.0. The smallest absolute Gasteiger partial charge is 0.234 e. The molecule has 5 aliphatic rings. The van der Waals surface area contributed by atoms with Gasteiger partial charge in [0.2, 0.25) is 11.8 Å². The standard InChI is InChI=1S/C22H37N3O3/c1-20(2,3)23-18(26)14-24-4-6-25(7-5-24)19(27)13-21-9-16-8-17(10-21)12-22(28,11-16)15-21/h16-17,28H,4-15H2,1-3H3,(H,23,26). The first-order valence-corrected chi connectivity index (χ1v) is 11.1. The normalized spacial score (nSPS) is 37.9. The van der Waals surface area contributed by atoms with E-state index in [4.69, 9.17) is 0 Å². The minimum Gasteiger partial charge on any atom is -0.390 e. The maximum Gasteiger partial charge on any atom is 0.234 e. The fourth-order valence-electron chi connectivity index (χ4n) is 6.86. The van der Waals surface area contributed by atoms with E-state index in [0.717, 1.165) is 45.2 Å². The van der Waals surface area contributed by atoms with Crippen molar-refractivity contribution in [2.75, 3.05) is 32.7 Å². The van der Waals surface area contributed by atoms with Gasteiger partial charge in [-0.25, -0.2) is 0 Å². The van der Waals surface area contributed by atoms with Gasteiger partial charge in [-0.05, 0) is 76.5 Å². The number of hydrogen-bond donors (Lipinski definition) is 2. The largest absolute Gasteiger partial charge is 0.390 e. The predicted octanol–water partition coefficient (Wildman–Crippen LogP) is 1.77. The minimum absolute atomic E-state index is 0.0413. The summed E-state index contributed by atoms with van der Waals surface area (Å²) in [6.45, 7) is 9.29. The molecule has 4 bridgehead atoms. The Hall–Kier alpha value is -1.14. The maximum atomic E-state index is 13.1. The highest BCUT2D eigenvalue weighted by molar-refractivity contribution is 5.79. The van der Waals surface area contributed by atoms with Crippen LogP contribution in [0.25, 0.3) is 0 Å². The van der Waals surface area contributed by atoms with Gasteiger partial charge in [-0.1, -0.05) is 0 Å². The number of rotatable bonds is 4. The number of carbonyl (C=O) groups excluding carboxylic acids is 2. The van der Waals surface area contributed by atoms with Gasteiger partial charge in [-0.2, -0.15) is 0 Å². The highest BCUT2D eigenvalue weighted by atomic mass is 16.3. The lowest BCUT2D eigenvalue weighted by Crippen LogP contribution is -2.57. The number of nitrogens with one attached hydrogen (secondary N) is 1. The van der Waals surface area contributed by atoms with E-state index in [9.17, 15) is 14.7 Å². The van der Waals surface area contributed by atoms with Gasteiger partial charge in [0.05, 0.1) is 12.1 Å². The molecule has 5 fully saturated rings. The lowest BCUT2D eigenvalue weighted by Gasteiger charge is -2.60. The van der Waals surface area contributed by atoms with Crippen LogP contribution in [0.15, 0.2) is 0 Å². The van der Waals surface area contributed by atoms with Crippen LogP contribution in [0.1, 0.15) is 65.7 Å². The Balaban J connectivity index is 1.28. The molecule has 6 heteroatoms. The minimum atomic E-state index is -0.497. The topological polar surface area (TPSA) is 72.9 Å². The highest BCUT2D eigenvalue weighted by Gasteiger charge is 2.57. The molecule has 4 aliphatic carbocycles. The van der Waals surface area contributed by atoms with Crippen LogP contribution in [-0.4, -0.2) is 70.6 Å². The van der Waals surface area contributed by atoms with Crippen molar-refractivity contribution in [1.29, 1.82) is 0 Å². The molecule has 6 nitrogen and oxygen atoms in total. The number of hydrogen-bond acceptors (Lipinski definition) is 4. The quantitative estimate of drug-likeness (QED) is 0.766. The molecule has 1 heterocycles. The molecule has 158 valence electrons. The fraction of sp³-hybridized carbons (Fsp3) is 0.909. The highest BCUT2D eigenvalue weighted by Crippen LogP contribution is 2.62. The van der Waals surface area contributed by atoms with Gasteiger partial charge in [-0.15, -0.1) is 0 Å². The zero-order chi connectivity index (χ0) is 20.2. The third-order valence-corrected chi connectivity index (χ3v) is 7.28. The summed E-state index contributed by atoms with van der Waals surface area (Å²) in [4.78, 5) is 29.3. The second kappa shape index (κ2) is 6.98. The van der Waals surface area contributed by atoms with E-state index in [1.54, 1.807) is 0 Å². The van der Waals surface area contributed by atoms with Crippen molar-refractivity contribution in [2.45, 2.75) is 76.9 Å². The zero-order valence-electron chi connectivity index (χ0n) is 17.8. The molecular formula is C22H37N3O3. The maximum absolute atomic E-state index is 13.1. The van der Waals surface area contributed by atoms with E-state index < -0.39 is 5.60 Å². The van der Waals surface area contributed by atoms with Gasteiger partial charge in [0.15, 0.2) is 0 Å². The van der Waals surface area contributed by atoms with Gasteiger partial charge >= 0.3 is 0 Å². The Kier molecular flexibility index (Phi) is 5.02. The van der Waals surface area contributed by atoms with Crippen molar-refractivity contribution in [1.82, 2.24) is 15.1 Å². The molecule has 2 N–H and O–H groups in total. The van der Waals surface area contributed by atoms with Crippen molar-refractivity contribution >= 4 is 11.8 Å². The van der Waals surface area contributed by atoms with Crippen LogP contribution in [0.2, 0.25) is 0 Å². The van der Waals surface area contributed by atoms with E-state index in [1.165, 1.54) is 6.42 Å². The van der Waals surface area contributed by atoms with Gasteiger partial charge in [0.25, 0.3) is 0 Å². The van der Waals surface area contributed by atoms with Crippen molar-refractivity contribution in [3.05, 3.63) is 0 Å². The Morgan fingerprint density at radius 2 is 1.64 bits per heavy atom. The van der Waals surface area contributed by atoms with Gasteiger partial charge in [-0.3, -0.25) is 14.5 Å². The third kappa shape index (κ3) is 4.38. The molecule has 2 unspecified atom stereocenters. The van der Waals surface area contributed by atoms with E-state index in [1.807, 2.05) is 25.7 Å². The van der Waals surface area contributed by atoms with Crippen LogP contribution in [0, 0.1) is 17.3 Å². The molecule has 0 aromatic heterocycles. The lowest BCUT2D eigenvalue weighted by atomic mass is 9.47. The first kappa shape index (κ1) is 20.1. The summed E-state index contributed by atoms with van der Waals surface area (Å²) in [6.07, 6.45) is 6.85. The Labute approximate surface area is 169 Å². The Morgan fingerprint density at radius 1 is 1.04 bits per heavy atom. The molecule has 5 rings (SSSR count). The number of piperazine rings is 1. The Bertz CT molecular complexity index is 619. The molecule has 28 heavy (non-hydrogen) atoms. The summed E-state index contributed by atoms with van der Waals surface area (Å²) in [5.41, 5.74) is -0.667. The molecule has 2 atom stereocenters. The van der Waals surface area contributed by atoms with Crippen LogP contribution in [0.3, 0.4) is 0 Å². The van der Waals surface area contributed by atoms with E-state index in [-0.39, 0.29) is 22.8 Å². The predicted molar refractivity (Wildman–Crippen MR) is 108 cm³/mol. The first-order valence-electron chi connectivity index (χ1n) is 11.1. The Morgan fingerprint density at radius 3 is 2.18 bits per heavy atom. The van der Waals surface area contributed by atoms with E-state index in [0.29, 0.717) is 37.9 Å². The lowest BCUT2D eigenvalue weighted by molar-refractivity contribution is -0.172. The molecule has 1 saturated heterocycles. The third-order valence-electron chi connectivity index (χ3n) is 7.28. The van der Waals surface area contributed by atoms with Crippen molar-refractivity contribution in [2.24, 2.45) is 17.3 Å². The van der Waals surface area contributed by atoms with Gasteiger partial charge < -0.3 is 15.3 Å². The van der Waals surface area contributed by atoms with Crippen LogP contribution in [-0.2, 0) is 9.59 Å². The van der Waals surface area contributed by atoms with Crippen LogP contribution >= 0.6 is 0 Å². The summed E-state index contributed by atoms with van der Waals surface area (Å²) in [6, 6.07) is 0.